The SMILES string of the molecule is C=CCN(c1ccnc(C(C(=O)OC)C(=O)OC)n1)C(CC(C)C)C(=O)NC1CCCCC1. The molecule has 1 heterocycles. The molecule has 0 radical (unpaired) electrons. The van der Waals surface area contributed by atoms with E-state index in [-0.39, 0.29) is 23.7 Å². The Labute approximate surface area is 195 Å². The van der Waals surface area contributed by atoms with Crippen molar-refractivity contribution in [3.8, 4) is 0 Å². The summed E-state index contributed by atoms with van der Waals surface area (Å²) in [5, 5.41) is 3.22. The number of carbonyl (C=O) groups excluding carboxylic acids is 3. The highest BCUT2D eigenvalue weighted by molar-refractivity contribution is 6.00. The second-order valence-electron chi connectivity index (χ2n) is 8.68. The number of hydrogen-bond acceptors (Lipinski definition) is 8. The van der Waals surface area contributed by atoms with Crippen LogP contribution in [0.1, 0.15) is 64.1 Å². The molecule has 1 aliphatic carbocycles. The molecular weight excluding hydrogens is 424 g/mol. The van der Waals surface area contributed by atoms with E-state index in [1.54, 1.807) is 12.1 Å². The minimum absolute atomic E-state index is 0.0451. The largest absolute Gasteiger partial charge is 0.468 e. The van der Waals surface area contributed by atoms with Gasteiger partial charge in [0, 0.05) is 18.8 Å². The molecule has 2 rings (SSSR count). The van der Waals surface area contributed by atoms with Gasteiger partial charge in [0.15, 0.2) is 5.82 Å². The topological polar surface area (TPSA) is 111 Å². The van der Waals surface area contributed by atoms with E-state index in [0.29, 0.717) is 18.8 Å². The third-order valence-corrected chi connectivity index (χ3v) is 5.74. The maximum Gasteiger partial charge on any atom is 0.327 e. The van der Waals surface area contributed by atoms with Crippen molar-refractivity contribution < 1.29 is 23.9 Å². The fraction of sp³-hybridized carbons (Fsp3) is 0.625. The zero-order chi connectivity index (χ0) is 24.4. The number of anilines is 1. The maximum absolute atomic E-state index is 13.4. The van der Waals surface area contributed by atoms with Gasteiger partial charge in [-0.25, -0.2) is 9.97 Å². The monoisotopic (exact) mass is 460 g/mol. The highest BCUT2D eigenvalue weighted by atomic mass is 16.5. The average Bonchev–Trinajstić information content (AvgIpc) is 2.81. The zero-order valence-electron chi connectivity index (χ0n) is 20.1. The highest BCUT2D eigenvalue weighted by Crippen LogP contribution is 2.24. The molecule has 1 aromatic rings. The number of nitrogens with one attached hydrogen (secondary N) is 1. The van der Waals surface area contributed by atoms with Gasteiger partial charge in [0.1, 0.15) is 11.9 Å². The summed E-state index contributed by atoms with van der Waals surface area (Å²) in [5.74, 6) is -2.48. The molecule has 33 heavy (non-hydrogen) atoms. The Morgan fingerprint density at radius 2 is 1.82 bits per heavy atom. The molecule has 1 aromatic heterocycles. The van der Waals surface area contributed by atoms with Gasteiger partial charge >= 0.3 is 11.9 Å². The van der Waals surface area contributed by atoms with Crippen molar-refractivity contribution in [1.29, 1.82) is 0 Å². The lowest BCUT2D eigenvalue weighted by Gasteiger charge is -2.34. The van der Waals surface area contributed by atoms with Crippen molar-refractivity contribution in [2.24, 2.45) is 5.92 Å². The lowest BCUT2D eigenvalue weighted by molar-refractivity contribution is -0.154. The molecule has 1 fully saturated rings. The van der Waals surface area contributed by atoms with E-state index in [2.05, 4.69) is 35.7 Å². The van der Waals surface area contributed by atoms with Crippen molar-refractivity contribution >= 4 is 23.7 Å². The number of aromatic nitrogens is 2. The first-order chi connectivity index (χ1) is 15.8. The molecule has 0 bridgehead atoms. The van der Waals surface area contributed by atoms with Crippen LogP contribution in [0, 0.1) is 5.92 Å². The predicted octanol–water partition coefficient (Wildman–Crippen LogP) is 2.76. The molecule has 1 aliphatic rings. The van der Waals surface area contributed by atoms with E-state index in [0.717, 1.165) is 25.7 Å². The highest BCUT2D eigenvalue weighted by Gasteiger charge is 2.35. The van der Waals surface area contributed by atoms with E-state index in [9.17, 15) is 14.4 Å². The molecule has 0 aromatic carbocycles. The Morgan fingerprint density at radius 1 is 1.18 bits per heavy atom. The molecule has 1 atom stereocenters. The first-order valence-electron chi connectivity index (χ1n) is 11.5. The second-order valence-corrected chi connectivity index (χ2v) is 8.68. The molecule has 9 nitrogen and oxygen atoms in total. The smallest absolute Gasteiger partial charge is 0.327 e. The number of esters is 2. The van der Waals surface area contributed by atoms with Gasteiger partial charge in [-0.05, 0) is 31.2 Å². The molecule has 1 saturated carbocycles. The van der Waals surface area contributed by atoms with E-state index in [4.69, 9.17) is 9.47 Å². The van der Waals surface area contributed by atoms with Crippen molar-refractivity contribution in [2.45, 2.75) is 70.4 Å². The van der Waals surface area contributed by atoms with Gasteiger partial charge in [-0.15, -0.1) is 6.58 Å². The van der Waals surface area contributed by atoms with Crippen LogP contribution >= 0.6 is 0 Å². The van der Waals surface area contributed by atoms with Crippen molar-refractivity contribution in [3.63, 3.8) is 0 Å². The van der Waals surface area contributed by atoms with Crippen LogP contribution in [0.3, 0.4) is 0 Å². The Morgan fingerprint density at radius 3 is 2.36 bits per heavy atom. The van der Waals surface area contributed by atoms with Crippen LogP contribution in [-0.2, 0) is 23.9 Å². The molecule has 1 N–H and O–H groups in total. The zero-order valence-corrected chi connectivity index (χ0v) is 20.1. The lowest BCUT2D eigenvalue weighted by Crippen LogP contribution is -2.51. The number of methoxy groups -OCH3 is 2. The van der Waals surface area contributed by atoms with Gasteiger partial charge < -0.3 is 19.7 Å². The van der Waals surface area contributed by atoms with Crippen molar-refractivity contribution in [1.82, 2.24) is 15.3 Å². The van der Waals surface area contributed by atoms with Gasteiger partial charge in [0.2, 0.25) is 11.8 Å². The van der Waals surface area contributed by atoms with Crippen LogP contribution in [0.15, 0.2) is 24.9 Å². The van der Waals surface area contributed by atoms with Crippen molar-refractivity contribution in [3.05, 3.63) is 30.7 Å². The van der Waals surface area contributed by atoms with Gasteiger partial charge in [-0.2, -0.15) is 0 Å². The van der Waals surface area contributed by atoms with Crippen LogP contribution < -0.4 is 10.2 Å². The van der Waals surface area contributed by atoms with E-state index in [1.807, 2.05) is 4.90 Å². The molecular formula is C24H36N4O5. The summed E-state index contributed by atoms with van der Waals surface area (Å²) in [5.41, 5.74) is 0. The normalized spacial score (nSPS) is 15.1. The van der Waals surface area contributed by atoms with Crippen LogP contribution in [0.4, 0.5) is 5.82 Å². The fourth-order valence-corrected chi connectivity index (χ4v) is 4.09. The second kappa shape index (κ2) is 12.9. The van der Waals surface area contributed by atoms with E-state index in [1.165, 1.54) is 26.8 Å². The molecule has 1 amide bonds. The van der Waals surface area contributed by atoms with Gasteiger partial charge in [0.25, 0.3) is 0 Å². The Bertz CT molecular complexity index is 807. The Balaban J connectivity index is 2.40. The van der Waals surface area contributed by atoms with Gasteiger partial charge in [0.05, 0.1) is 14.2 Å². The van der Waals surface area contributed by atoms with E-state index >= 15 is 0 Å². The summed E-state index contributed by atoms with van der Waals surface area (Å²) in [6.07, 6.45) is 9.16. The van der Waals surface area contributed by atoms with Crippen LogP contribution in [0.2, 0.25) is 0 Å². The third kappa shape index (κ3) is 7.27. The molecule has 0 aliphatic heterocycles. The van der Waals surface area contributed by atoms with Gasteiger partial charge in [-0.3, -0.25) is 14.4 Å². The number of rotatable bonds is 11. The molecule has 0 spiro atoms. The van der Waals surface area contributed by atoms with Crippen LogP contribution in [-0.4, -0.2) is 60.7 Å². The summed E-state index contributed by atoms with van der Waals surface area (Å²) >= 11 is 0. The number of nitrogens with zero attached hydrogens (tertiary/aromatic N) is 3. The first kappa shape index (κ1) is 26.3. The lowest BCUT2D eigenvalue weighted by atomic mass is 9.94. The summed E-state index contributed by atoms with van der Waals surface area (Å²) in [7, 11) is 2.36. The predicted molar refractivity (Wildman–Crippen MR) is 125 cm³/mol. The summed E-state index contributed by atoms with van der Waals surface area (Å²) in [6.45, 7) is 8.31. The van der Waals surface area contributed by atoms with Crippen LogP contribution in [0.5, 0.6) is 0 Å². The number of ether oxygens (including phenoxy) is 2. The quantitative estimate of drug-likeness (QED) is 0.305. The number of carbonyl (C=O) groups is 3. The Kier molecular flexibility index (Phi) is 10.3. The average molecular weight is 461 g/mol. The first-order valence-corrected chi connectivity index (χ1v) is 11.5. The summed E-state index contributed by atoms with van der Waals surface area (Å²) in [4.78, 5) is 48.3. The fourth-order valence-electron chi connectivity index (χ4n) is 4.09. The molecule has 1 unspecified atom stereocenters. The van der Waals surface area contributed by atoms with Crippen LogP contribution in [0.25, 0.3) is 0 Å². The number of hydrogen-bond donors (Lipinski definition) is 1. The summed E-state index contributed by atoms with van der Waals surface area (Å²) < 4.78 is 9.49. The van der Waals surface area contributed by atoms with Crippen molar-refractivity contribution in [2.75, 3.05) is 25.7 Å². The summed E-state index contributed by atoms with van der Waals surface area (Å²) in [6, 6.07) is 1.33. The van der Waals surface area contributed by atoms with E-state index < -0.39 is 23.9 Å². The third-order valence-electron chi connectivity index (χ3n) is 5.74. The minimum atomic E-state index is -1.41. The molecule has 9 heteroatoms. The molecule has 182 valence electrons. The van der Waals surface area contributed by atoms with Gasteiger partial charge in [-0.1, -0.05) is 39.2 Å². The number of amides is 1. The molecule has 0 saturated heterocycles. The standard InChI is InChI=1S/C24H36N4O5/c1-6-14-28(18(15-16(2)3)22(29)26-17-10-8-7-9-11-17)19-12-13-25-21(27-19)20(23(30)32-4)24(31)33-5/h6,12-13,16-18,20H,1,7-11,14-15H2,2-5H3,(H,26,29). The maximum atomic E-state index is 13.4. The minimum Gasteiger partial charge on any atom is -0.468 e. The Hall–Kier alpha value is -2.97.